The number of esters is 1. The van der Waals surface area contributed by atoms with Gasteiger partial charge in [-0.3, -0.25) is 14.9 Å². The smallest absolute Gasteiger partial charge is 0.324 e. The summed E-state index contributed by atoms with van der Waals surface area (Å²) in [5, 5.41) is 9.73. The van der Waals surface area contributed by atoms with Crippen molar-refractivity contribution in [2.45, 2.75) is 6.04 Å². The number of anilines is 1. The third kappa shape index (κ3) is 4.06. The van der Waals surface area contributed by atoms with Gasteiger partial charge in [0.15, 0.2) is 0 Å². The number of aromatic amines is 1. The first-order valence-electron chi connectivity index (χ1n) is 10.5. The number of pyridine rings is 2. The molecule has 174 valence electrons. The van der Waals surface area contributed by atoms with Gasteiger partial charge in [0.25, 0.3) is 0 Å². The predicted molar refractivity (Wildman–Crippen MR) is 124 cm³/mol. The van der Waals surface area contributed by atoms with Crippen LogP contribution in [0.1, 0.15) is 0 Å². The molecule has 8 nitrogen and oxygen atoms in total. The summed E-state index contributed by atoms with van der Waals surface area (Å²) < 4.78 is 33.0. The lowest BCUT2D eigenvalue weighted by Crippen LogP contribution is -2.54. The Hall–Kier alpha value is -3.63. The predicted octanol–water partition coefficient (Wildman–Crippen LogP) is 3.57. The van der Waals surface area contributed by atoms with Crippen LogP contribution >= 0.6 is 11.6 Å². The molecule has 0 unspecified atom stereocenters. The summed E-state index contributed by atoms with van der Waals surface area (Å²) in [4.78, 5) is 23.2. The lowest BCUT2D eigenvalue weighted by atomic mass is 10.0. The Morgan fingerprint density at radius 2 is 2.00 bits per heavy atom. The van der Waals surface area contributed by atoms with E-state index >= 15 is 0 Å². The van der Waals surface area contributed by atoms with E-state index in [0.29, 0.717) is 47.6 Å². The van der Waals surface area contributed by atoms with Crippen molar-refractivity contribution in [1.82, 2.24) is 25.5 Å². The van der Waals surface area contributed by atoms with E-state index in [0.717, 1.165) is 11.8 Å². The molecule has 1 aliphatic heterocycles. The minimum Gasteiger partial charge on any atom is -0.468 e. The van der Waals surface area contributed by atoms with Crippen molar-refractivity contribution in [3.8, 4) is 22.5 Å². The average Bonchev–Trinajstić information content (AvgIpc) is 3.35. The molecular formula is C23H19ClF2N6O2. The summed E-state index contributed by atoms with van der Waals surface area (Å²) in [6, 6.07) is 6.97. The summed E-state index contributed by atoms with van der Waals surface area (Å²) in [5.41, 5.74) is 3.59. The number of piperazine rings is 1. The first-order valence-corrected chi connectivity index (χ1v) is 10.8. The van der Waals surface area contributed by atoms with Gasteiger partial charge in [0.05, 0.1) is 52.6 Å². The number of carbonyl (C=O) groups is 1. The SMILES string of the molecule is COC(=O)[C@@H]1CN(c2cnc3ccc(-c4cn[nH]c4-c4cc(Cl)c(F)cc4F)nc3c2)CCN1. The van der Waals surface area contributed by atoms with Gasteiger partial charge in [-0.2, -0.15) is 5.10 Å². The third-order valence-electron chi connectivity index (χ3n) is 5.74. The number of nitrogens with one attached hydrogen (secondary N) is 2. The quantitative estimate of drug-likeness (QED) is 0.337. The lowest BCUT2D eigenvalue weighted by Gasteiger charge is -2.33. The molecule has 11 heteroatoms. The van der Waals surface area contributed by atoms with Crippen LogP contribution in [-0.4, -0.2) is 58.9 Å². The highest BCUT2D eigenvalue weighted by molar-refractivity contribution is 6.31. The number of carbonyl (C=O) groups excluding carboxylic acids is 1. The minimum atomic E-state index is -0.839. The van der Waals surface area contributed by atoms with E-state index in [-0.39, 0.29) is 16.6 Å². The molecular weight excluding hydrogens is 466 g/mol. The number of hydrogen-bond acceptors (Lipinski definition) is 7. The second-order valence-corrected chi connectivity index (χ2v) is 8.22. The Balaban J connectivity index is 1.51. The molecule has 1 fully saturated rings. The number of benzene rings is 1. The van der Waals surface area contributed by atoms with Gasteiger partial charge in [-0.15, -0.1) is 0 Å². The molecule has 1 saturated heterocycles. The Kier molecular flexibility index (Phi) is 5.84. The van der Waals surface area contributed by atoms with Gasteiger partial charge in [-0.1, -0.05) is 11.6 Å². The fraction of sp³-hybridized carbons (Fsp3) is 0.217. The average molecular weight is 485 g/mol. The zero-order valence-electron chi connectivity index (χ0n) is 18.0. The van der Waals surface area contributed by atoms with Crippen molar-refractivity contribution in [1.29, 1.82) is 0 Å². The summed E-state index contributed by atoms with van der Waals surface area (Å²) in [6.45, 7) is 1.75. The number of H-pyrrole nitrogens is 1. The lowest BCUT2D eigenvalue weighted by molar-refractivity contribution is -0.143. The van der Waals surface area contributed by atoms with Crippen molar-refractivity contribution in [2.24, 2.45) is 0 Å². The van der Waals surface area contributed by atoms with Gasteiger partial charge in [0.1, 0.15) is 17.7 Å². The Morgan fingerprint density at radius 3 is 2.82 bits per heavy atom. The highest BCUT2D eigenvalue weighted by atomic mass is 35.5. The molecule has 1 atom stereocenters. The molecule has 4 heterocycles. The molecule has 0 spiro atoms. The first-order chi connectivity index (χ1) is 16.4. The van der Waals surface area contributed by atoms with Gasteiger partial charge in [0, 0.05) is 36.8 Å². The summed E-state index contributed by atoms with van der Waals surface area (Å²) in [5.74, 6) is -1.93. The molecule has 0 radical (unpaired) electrons. The van der Waals surface area contributed by atoms with E-state index in [9.17, 15) is 13.6 Å². The molecule has 0 saturated carbocycles. The molecule has 1 aromatic carbocycles. The maximum Gasteiger partial charge on any atom is 0.324 e. The molecule has 0 aliphatic carbocycles. The summed E-state index contributed by atoms with van der Waals surface area (Å²) in [6.07, 6.45) is 3.26. The molecule has 3 aromatic heterocycles. The van der Waals surface area contributed by atoms with Gasteiger partial charge < -0.3 is 15.0 Å². The number of halogens is 3. The number of hydrogen-bond donors (Lipinski definition) is 2. The van der Waals surface area contributed by atoms with Gasteiger partial charge in [0.2, 0.25) is 0 Å². The van der Waals surface area contributed by atoms with Crippen molar-refractivity contribution in [3.63, 3.8) is 0 Å². The molecule has 34 heavy (non-hydrogen) atoms. The fourth-order valence-corrected chi connectivity index (χ4v) is 4.17. The van der Waals surface area contributed by atoms with E-state index < -0.39 is 17.7 Å². The standard InChI is InChI=1S/C23H19ClF2N6O2/c1-34-23(33)21-11-32(5-4-27-21)12-6-20-19(28-9-12)3-2-18(30-20)14-10-29-31-22(14)13-7-15(24)17(26)8-16(13)25/h2-3,6-10,21,27H,4-5,11H2,1H3,(H,29,31)/t21-/m0/s1. The van der Waals surface area contributed by atoms with Gasteiger partial charge in [-0.25, -0.2) is 13.8 Å². The van der Waals surface area contributed by atoms with Crippen LogP contribution in [0.5, 0.6) is 0 Å². The van der Waals surface area contributed by atoms with Crippen molar-refractivity contribution in [3.05, 3.63) is 59.4 Å². The minimum absolute atomic E-state index is 0.0855. The van der Waals surface area contributed by atoms with E-state index in [1.165, 1.54) is 19.4 Å². The Bertz CT molecular complexity index is 1400. The van der Waals surface area contributed by atoms with Crippen molar-refractivity contribution in [2.75, 3.05) is 31.6 Å². The molecule has 0 bridgehead atoms. The third-order valence-corrected chi connectivity index (χ3v) is 6.03. The zero-order valence-corrected chi connectivity index (χ0v) is 18.7. The van der Waals surface area contributed by atoms with Gasteiger partial charge in [-0.05, 0) is 24.3 Å². The van der Waals surface area contributed by atoms with Crippen LogP contribution in [0, 0.1) is 11.6 Å². The largest absolute Gasteiger partial charge is 0.468 e. The van der Waals surface area contributed by atoms with Crippen LogP contribution in [0.3, 0.4) is 0 Å². The molecule has 5 rings (SSSR count). The maximum atomic E-state index is 14.5. The second kappa shape index (κ2) is 8.96. The molecule has 4 aromatic rings. The Morgan fingerprint density at radius 1 is 1.15 bits per heavy atom. The number of ether oxygens (including phenoxy) is 1. The van der Waals surface area contributed by atoms with Crippen LogP contribution in [-0.2, 0) is 9.53 Å². The Labute approximate surface area is 197 Å². The number of methoxy groups -OCH3 is 1. The van der Waals surface area contributed by atoms with Gasteiger partial charge >= 0.3 is 5.97 Å². The van der Waals surface area contributed by atoms with E-state index in [4.69, 9.17) is 21.3 Å². The monoisotopic (exact) mass is 484 g/mol. The van der Waals surface area contributed by atoms with Crippen LogP contribution in [0.15, 0.2) is 42.7 Å². The van der Waals surface area contributed by atoms with Crippen LogP contribution in [0.25, 0.3) is 33.5 Å². The number of nitrogens with zero attached hydrogens (tertiary/aromatic N) is 4. The van der Waals surface area contributed by atoms with E-state index in [1.807, 2.05) is 11.0 Å². The number of fused-ring (bicyclic) bond motifs is 1. The van der Waals surface area contributed by atoms with Crippen LogP contribution < -0.4 is 10.2 Å². The molecule has 2 N–H and O–H groups in total. The van der Waals surface area contributed by atoms with E-state index in [1.54, 1.807) is 18.3 Å². The first kappa shape index (κ1) is 22.2. The molecule has 0 amide bonds. The zero-order chi connectivity index (χ0) is 23.8. The van der Waals surface area contributed by atoms with Crippen LogP contribution in [0.2, 0.25) is 5.02 Å². The molecule has 1 aliphatic rings. The second-order valence-electron chi connectivity index (χ2n) is 7.81. The van der Waals surface area contributed by atoms with Crippen molar-refractivity contribution >= 4 is 34.3 Å². The van der Waals surface area contributed by atoms with E-state index in [2.05, 4.69) is 20.5 Å². The maximum absolute atomic E-state index is 14.5. The highest BCUT2D eigenvalue weighted by Crippen LogP contribution is 2.34. The number of rotatable bonds is 4. The number of aromatic nitrogens is 4. The highest BCUT2D eigenvalue weighted by Gasteiger charge is 2.26. The summed E-state index contributed by atoms with van der Waals surface area (Å²) in [7, 11) is 1.36. The summed E-state index contributed by atoms with van der Waals surface area (Å²) >= 11 is 5.87. The van der Waals surface area contributed by atoms with Crippen LogP contribution in [0.4, 0.5) is 14.5 Å². The normalized spacial score (nSPS) is 16.1. The van der Waals surface area contributed by atoms with Crippen molar-refractivity contribution < 1.29 is 18.3 Å². The fourth-order valence-electron chi connectivity index (χ4n) is 4.00. The topological polar surface area (TPSA) is 96.0 Å².